The standard InChI is InChI=1S/C27H20Cl2F2N2O4S/c1-16(21-15-18(30)7-12-24(21)31)32-27(34)22-14-17(28)6-13-25(22)33-38(35,36)20-10-8-19(9-11-20)37-26-5-3-2-4-23(26)29/h2-16,33H,1H3,(H,32,34)/t16-/m0/s1. The molecule has 1 amide bonds. The molecule has 196 valence electrons. The fourth-order valence-corrected chi connectivity index (χ4v) is 4.96. The number of carbonyl (C=O) groups excluding carboxylic acids is 1. The van der Waals surface area contributed by atoms with Gasteiger partial charge in [-0.2, -0.15) is 0 Å². The molecule has 6 nitrogen and oxygen atoms in total. The summed E-state index contributed by atoms with van der Waals surface area (Å²) in [7, 11) is -4.14. The summed E-state index contributed by atoms with van der Waals surface area (Å²) in [6.07, 6.45) is 0. The maximum Gasteiger partial charge on any atom is 0.261 e. The molecule has 0 saturated carbocycles. The van der Waals surface area contributed by atoms with E-state index < -0.39 is 33.6 Å². The molecular formula is C27H20Cl2F2N2O4S. The lowest BCUT2D eigenvalue weighted by molar-refractivity contribution is 0.0940. The normalized spacial score (nSPS) is 12.0. The van der Waals surface area contributed by atoms with E-state index >= 15 is 0 Å². The molecule has 11 heteroatoms. The van der Waals surface area contributed by atoms with Crippen molar-refractivity contribution in [3.8, 4) is 11.5 Å². The van der Waals surface area contributed by atoms with Crippen molar-refractivity contribution < 1.29 is 26.7 Å². The maximum absolute atomic E-state index is 14.2. The van der Waals surface area contributed by atoms with Gasteiger partial charge >= 0.3 is 0 Å². The monoisotopic (exact) mass is 576 g/mol. The molecule has 4 aromatic carbocycles. The van der Waals surface area contributed by atoms with E-state index in [1.807, 2.05) is 0 Å². The summed E-state index contributed by atoms with van der Waals surface area (Å²) in [5.41, 5.74) is -0.236. The van der Waals surface area contributed by atoms with Gasteiger partial charge in [0, 0.05) is 10.6 Å². The molecule has 0 bridgehead atoms. The number of rotatable bonds is 8. The number of nitrogens with one attached hydrogen (secondary N) is 2. The SMILES string of the molecule is C[C@H](NC(=O)c1cc(Cl)ccc1NS(=O)(=O)c1ccc(Oc2ccccc2Cl)cc1)c1cc(F)ccc1F. The number of hydrogen-bond acceptors (Lipinski definition) is 4. The number of halogens is 4. The lowest BCUT2D eigenvalue weighted by Crippen LogP contribution is -2.28. The average Bonchev–Trinajstić information content (AvgIpc) is 2.88. The molecule has 1 atom stereocenters. The van der Waals surface area contributed by atoms with Crippen LogP contribution in [-0.2, 0) is 10.0 Å². The van der Waals surface area contributed by atoms with Crippen molar-refractivity contribution >= 4 is 44.8 Å². The Hall–Kier alpha value is -3.66. The Labute approximate surface area is 228 Å². The summed E-state index contributed by atoms with van der Waals surface area (Å²) in [5, 5.41) is 3.11. The first-order valence-electron chi connectivity index (χ1n) is 11.1. The number of ether oxygens (including phenoxy) is 1. The molecule has 0 aliphatic rings. The second kappa shape index (κ2) is 11.4. The molecule has 0 aliphatic heterocycles. The zero-order valence-electron chi connectivity index (χ0n) is 19.7. The van der Waals surface area contributed by atoms with Crippen LogP contribution in [-0.4, -0.2) is 14.3 Å². The van der Waals surface area contributed by atoms with Gasteiger partial charge in [-0.05, 0) is 79.7 Å². The predicted molar refractivity (Wildman–Crippen MR) is 142 cm³/mol. The lowest BCUT2D eigenvalue weighted by atomic mass is 10.1. The number of anilines is 1. The molecule has 38 heavy (non-hydrogen) atoms. The molecule has 0 aromatic heterocycles. The maximum atomic E-state index is 14.2. The summed E-state index contributed by atoms with van der Waals surface area (Å²) < 4.78 is 62.0. The highest BCUT2D eigenvalue weighted by molar-refractivity contribution is 7.92. The van der Waals surface area contributed by atoms with E-state index in [0.29, 0.717) is 16.5 Å². The van der Waals surface area contributed by atoms with Crippen molar-refractivity contribution in [3.05, 3.63) is 118 Å². The van der Waals surface area contributed by atoms with E-state index in [2.05, 4.69) is 10.0 Å². The van der Waals surface area contributed by atoms with Gasteiger partial charge in [0.15, 0.2) is 0 Å². The second-order valence-corrected chi connectivity index (χ2v) is 10.7. The third kappa shape index (κ3) is 6.42. The molecule has 0 radical (unpaired) electrons. The van der Waals surface area contributed by atoms with E-state index in [4.69, 9.17) is 27.9 Å². The summed E-state index contributed by atoms with van der Waals surface area (Å²) >= 11 is 12.1. The average molecular weight is 577 g/mol. The van der Waals surface area contributed by atoms with Gasteiger partial charge in [0.2, 0.25) is 0 Å². The van der Waals surface area contributed by atoms with Crippen LogP contribution in [0.25, 0.3) is 0 Å². The van der Waals surface area contributed by atoms with E-state index in [9.17, 15) is 22.0 Å². The van der Waals surface area contributed by atoms with Gasteiger partial charge in [0.25, 0.3) is 15.9 Å². The summed E-state index contributed by atoms with van der Waals surface area (Å²) in [5.74, 6) is -1.34. The first-order chi connectivity index (χ1) is 18.0. The van der Waals surface area contributed by atoms with E-state index in [-0.39, 0.29) is 26.7 Å². The van der Waals surface area contributed by atoms with Crippen LogP contribution >= 0.6 is 23.2 Å². The Morgan fingerprint density at radius 1 is 0.921 bits per heavy atom. The topological polar surface area (TPSA) is 84.5 Å². The van der Waals surface area contributed by atoms with Gasteiger partial charge in [-0.1, -0.05) is 35.3 Å². The number of para-hydroxylation sites is 1. The molecule has 4 rings (SSSR count). The second-order valence-electron chi connectivity index (χ2n) is 8.16. The lowest BCUT2D eigenvalue weighted by Gasteiger charge is -2.18. The third-order valence-corrected chi connectivity index (χ3v) is 7.37. The number of benzene rings is 4. The van der Waals surface area contributed by atoms with Crippen LogP contribution in [0.1, 0.15) is 28.9 Å². The molecule has 2 N–H and O–H groups in total. The highest BCUT2D eigenvalue weighted by atomic mass is 35.5. The van der Waals surface area contributed by atoms with Gasteiger partial charge in [0.05, 0.1) is 27.2 Å². The van der Waals surface area contributed by atoms with Crippen molar-refractivity contribution in [1.29, 1.82) is 0 Å². The minimum atomic E-state index is -4.14. The molecule has 0 fully saturated rings. The van der Waals surface area contributed by atoms with Crippen LogP contribution in [0.15, 0.2) is 89.8 Å². The number of amides is 1. The summed E-state index contributed by atoms with van der Waals surface area (Å²) in [6, 6.07) is 18.4. The first kappa shape index (κ1) is 27.4. The molecule has 0 saturated heterocycles. The van der Waals surface area contributed by atoms with Crippen LogP contribution in [0.3, 0.4) is 0 Å². The molecule has 0 spiro atoms. The van der Waals surface area contributed by atoms with Gasteiger partial charge in [-0.3, -0.25) is 9.52 Å². The fourth-order valence-electron chi connectivity index (χ4n) is 3.54. The van der Waals surface area contributed by atoms with Gasteiger partial charge < -0.3 is 10.1 Å². The summed E-state index contributed by atoms with van der Waals surface area (Å²) in [6.45, 7) is 1.47. The van der Waals surface area contributed by atoms with Crippen molar-refractivity contribution in [1.82, 2.24) is 5.32 Å². The van der Waals surface area contributed by atoms with Gasteiger partial charge in [0.1, 0.15) is 23.1 Å². The highest BCUT2D eigenvalue weighted by Gasteiger charge is 2.22. The first-order valence-corrected chi connectivity index (χ1v) is 13.4. The van der Waals surface area contributed by atoms with Crippen molar-refractivity contribution in [2.45, 2.75) is 17.9 Å². The van der Waals surface area contributed by atoms with Gasteiger partial charge in [-0.25, -0.2) is 17.2 Å². The summed E-state index contributed by atoms with van der Waals surface area (Å²) in [4.78, 5) is 12.9. The number of sulfonamides is 1. The third-order valence-electron chi connectivity index (χ3n) is 5.44. The van der Waals surface area contributed by atoms with E-state index in [0.717, 1.165) is 18.2 Å². The number of carbonyl (C=O) groups is 1. The highest BCUT2D eigenvalue weighted by Crippen LogP contribution is 2.30. The zero-order valence-corrected chi connectivity index (χ0v) is 22.0. The predicted octanol–water partition coefficient (Wildman–Crippen LogP) is 7.36. The Morgan fingerprint density at radius 3 is 2.34 bits per heavy atom. The zero-order chi connectivity index (χ0) is 27.4. The number of hydrogen-bond donors (Lipinski definition) is 2. The van der Waals surface area contributed by atoms with Crippen LogP contribution in [0.2, 0.25) is 10.0 Å². The molecule has 4 aromatic rings. The molecule has 0 unspecified atom stereocenters. The minimum Gasteiger partial charge on any atom is -0.456 e. The van der Waals surface area contributed by atoms with Crippen molar-refractivity contribution in [2.75, 3.05) is 4.72 Å². The molecule has 0 aliphatic carbocycles. The van der Waals surface area contributed by atoms with Gasteiger partial charge in [-0.15, -0.1) is 0 Å². The Kier molecular flexibility index (Phi) is 8.20. The Bertz CT molecular complexity index is 1600. The molecule has 0 heterocycles. The van der Waals surface area contributed by atoms with E-state index in [1.54, 1.807) is 24.3 Å². The Balaban J connectivity index is 1.54. The molecular weight excluding hydrogens is 557 g/mol. The Morgan fingerprint density at radius 2 is 1.63 bits per heavy atom. The largest absolute Gasteiger partial charge is 0.456 e. The fraction of sp³-hybridized carbons (Fsp3) is 0.0741. The van der Waals surface area contributed by atoms with Crippen LogP contribution in [0, 0.1) is 11.6 Å². The smallest absolute Gasteiger partial charge is 0.261 e. The van der Waals surface area contributed by atoms with E-state index in [1.165, 1.54) is 49.4 Å². The van der Waals surface area contributed by atoms with Crippen molar-refractivity contribution in [2.24, 2.45) is 0 Å². The van der Waals surface area contributed by atoms with Crippen LogP contribution in [0.4, 0.5) is 14.5 Å². The van der Waals surface area contributed by atoms with Crippen molar-refractivity contribution in [3.63, 3.8) is 0 Å². The quantitative estimate of drug-likeness (QED) is 0.229. The van der Waals surface area contributed by atoms with Crippen LogP contribution < -0.4 is 14.8 Å². The minimum absolute atomic E-state index is 0.0600. The van der Waals surface area contributed by atoms with Crippen LogP contribution in [0.5, 0.6) is 11.5 Å².